The predicted octanol–water partition coefficient (Wildman–Crippen LogP) is 5.16. The van der Waals surface area contributed by atoms with Gasteiger partial charge in [0.25, 0.3) is 5.91 Å². The third-order valence-electron chi connectivity index (χ3n) is 5.61. The van der Waals surface area contributed by atoms with Crippen LogP contribution in [0, 0.1) is 6.92 Å². The second-order valence-electron chi connectivity index (χ2n) is 8.03. The first-order valence-corrected chi connectivity index (χ1v) is 11.3. The van der Waals surface area contributed by atoms with Crippen LogP contribution in [0.2, 0.25) is 10.0 Å². The highest BCUT2D eigenvalue weighted by Gasteiger charge is 2.29. The van der Waals surface area contributed by atoms with Gasteiger partial charge in [0.15, 0.2) is 6.61 Å². The quantitative estimate of drug-likeness (QED) is 0.589. The molecule has 0 aromatic heterocycles. The van der Waals surface area contributed by atoms with Gasteiger partial charge in [-0.1, -0.05) is 59.8 Å². The topological polar surface area (TPSA) is 58.6 Å². The van der Waals surface area contributed by atoms with E-state index in [9.17, 15) is 9.59 Å². The number of ether oxygens (including phenoxy) is 1. The highest BCUT2D eigenvalue weighted by Crippen LogP contribution is 2.24. The molecule has 0 spiro atoms. The summed E-state index contributed by atoms with van der Waals surface area (Å²) in [6, 6.07) is 12.1. The molecule has 2 aromatic carbocycles. The van der Waals surface area contributed by atoms with Gasteiger partial charge in [-0.2, -0.15) is 0 Å². The predicted molar refractivity (Wildman–Crippen MR) is 124 cm³/mol. The molecular weight excluding hydrogens is 435 g/mol. The molecule has 2 aromatic rings. The number of nitrogens with one attached hydrogen (secondary N) is 1. The average Bonchev–Trinajstić information content (AvgIpc) is 3.25. The summed E-state index contributed by atoms with van der Waals surface area (Å²) in [6.07, 6.45) is 4.19. The average molecular weight is 463 g/mol. The highest BCUT2D eigenvalue weighted by atomic mass is 35.5. The van der Waals surface area contributed by atoms with Crippen LogP contribution in [0.15, 0.2) is 42.5 Å². The van der Waals surface area contributed by atoms with Crippen molar-refractivity contribution in [1.29, 1.82) is 0 Å². The first-order valence-electron chi connectivity index (χ1n) is 10.6. The molecule has 0 heterocycles. The van der Waals surface area contributed by atoms with E-state index in [1.165, 1.54) is 4.90 Å². The minimum Gasteiger partial charge on any atom is -0.484 e. The number of carbonyl (C=O) groups excluding carboxylic acids is 2. The Kier molecular flexibility index (Phi) is 8.22. The molecule has 1 saturated carbocycles. The molecule has 0 bridgehead atoms. The van der Waals surface area contributed by atoms with Gasteiger partial charge in [0.05, 0.1) is 0 Å². The van der Waals surface area contributed by atoms with E-state index in [2.05, 4.69) is 5.32 Å². The van der Waals surface area contributed by atoms with Crippen molar-refractivity contribution in [3.63, 3.8) is 0 Å². The lowest BCUT2D eigenvalue weighted by Crippen LogP contribution is -2.50. The van der Waals surface area contributed by atoms with Crippen molar-refractivity contribution >= 4 is 35.0 Å². The molecule has 1 atom stereocenters. The lowest BCUT2D eigenvalue weighted by molar-refractivity contribution is -0.142. The van der Waals surface area contributed by atoms with Crippen LogP contribution in [0.25, 0.3) is 0 Å². The minimum absolute atomic E-state index is 0.166. The zero-order valence-corrected chi connectivity index (χ0v) is 19.4. The van der Waals surface area contributed by atoms with Crippen LogP contribution in [0.1, 0.15) is 43.7 Å². The van der Waals surface area contributed by atoms with Gasteiger partial charge in [-0.3, -0.25) is 9.59 Å². The summed E-state index contributed by atoms with van der Waals surface area (Å²) in [6.45, 7) is 3.73. The van der Waals surface area contributed by atoms with Crippen LogP contribution in [0.3, 0.4) is 0 Å². The van der Waals surface area contributed by atoms with Gasteiger partial charge in [0.1, 0.15) is 11.8 Å². The highest BCUT2D eigenvalue weighted by molar-refractivity contribution is 6.35. The van der Waals surface area contributed by atoms with Crippen molar-refractivity contribution < 1.29 is 14.3 Å². The van der Waals surface area contributed by atoms with E-state index in [1.54, 1.807) is 25.1 Å². The van der Waals surface area contributed by atoms with Crippen LogP contribution in [-0.4, -0.2) is 35.4 Å². The number of halogens is 2. The van der Waals surface area contributed by atoms with Gasteiger partial charge in [0.2, 0.25) is 5.91 Å². The fourth-order valence-electron chi connectivity index (χ4n) is 3.67. The number of nitrogens with zero attached hydrogens (tertiary/aromatic N) is 1. The SMILES string of the molecule is Cc1ccc(OCC(=O)N(Cc2ccc(Cl)cc2Cl)[C@@H](C)C(=O)NC2CCCC2)cc1. The number of carbonyl (C=O) groups is 2. The monoisotopic (exact) mass is 462 g/mol. The summed E-state index contributed by atoms with van der Waals surface area (Å²) in [7, 11) is 0. The molecular formula is C24H28Cl2N2O3. The summed E-state index contributed by atoms with van der Waals surface area (Å²) in [5.41, 5.74) is 1.82. The van der Waals surface area contributed by atoms with Crippen molar-refractivity contribution in [2.24, 2.45) is 0 Å². The molecule has 0 aliphatic heterocycles. The van der Waals surface area contributed by atoms with Gasteiger partial charge in [-0.15, -0.1) is 0 Å². The number of hydrogen-bond donors (Lipinski definition) is 1. The number of hydrogen-bond acceptors (Lipinski definition) is 3. The van der Waals surface area contributed by atoms with Crippen molar-refractivity contribution in [3.8, 4) is 5.75 Å². The van der Waals surface area contributed by atoms with Gasteiger partial charge in [-0.05, 0) is 56.5 Å². The van der Waals surface area contributed by atoms with Crippen LogP contribution in [0.4, 0.5) is 0 Å². The Balaban J connectivity index is 1.73. The summed E-state index contributed by atoms with van der Waals surface area (Å²) < 4.78 is 5.68. The number of amides is 2. The zero-order valence-electron chi connectivity index (χ0n) is 17.9. The molecule has 0 saturated heterocycles. The van der Waals surface area contributed by atoms with Crippen LogP contribution in [0.5, 0.6) is 5.75 Å². The first kappa shape index (κ1) is 23.4. The Morgan fingerprint density at radius 3 is 2.45 bits per heavy atom. The summed E-state index contributed by atoms with van der Waals surface area (Å²) in [5.74, 6) is 0.146. The third-order valence-corrected chi connectivity index (χ3v) is 6.19. The molecule has 1 aliphatic rings. The van der Waals surface area contributed by atoms with E-state index >= 15 is 0 Å². The van der Waals surface area contributed by atoms with E-state index in [1.807, 2.05) is 31.2 Å². The maximum absolute atomic E-state index is 13.1. The van der Waals surface area contributed by atoms with Crippen molar-refractivity contribution in [1.82, 2.24) is 10.2 Å². The summed E-state index contributed by atoms with van der Waals surface area (Å²) in [5, 5.41) is 4.04. The minimum atomic E-state index is -0.665. The number of aryl methyl sites for hydroxylation is 1. The largest absolute Gasteiger partial charge is 0.484 e. The van der Waals surface area contributed by atoms with Crippen molar-refractivity contribution in [3.05, 3.63) is 63.6 Å². The molecule has 3 rings (SSSR count). The first-order chi connectivity index (χ1) is 14.8. The zero-order chi connectivity index (χ0) is 22.4. The number of rotatable bonds is 8. The maximum Gasteiger partial charge on any atom is 0.261 e. The maximum atomic E-state index is 13.1. The fourth-order valence-corrected chi connectivity index (χ4v) is 4.14. The smallest absolute Gasteiger partial charge is 0.261 e. The molecule has 5 nitrogen and oxygen atoms in total. The van der Waals surface area contributed by atoms with Crippen molar-refractivity contribution in [2.75, 3.05) is 6.61 Å². The molecule has 1 fully saturated rings. The normalized spacial score (nSPS) is 14.8. The van der Waals surface area contributed by atoms with Crippen LogP contribution < -0.4 is 10.1 Å². The van der Waals surface area contributed by atoms with Crippen LogP contribution >= 0.6 is 23.2 Å². The fraction of sp³-hybridized carbons (Fsp3) is 0.417. The van der Waals surface area contributed by atoms with E-state index < -0.39 is 6.04 Å². The Bertz CT molecular complexity index is 912. The molecule has 31 heavy (non-hydrogen) atoms. The summed E-state index contributed by atoms with van der Waals surface area (Å²) in [4.78, 5) is 27.5. The standard InChI is InChI=1S/C24H28Cl2N2O3/c1-16-7-11-21(12-8-16)31-15-23(29)28(14-18-9-10-19(25)13-22(18)26)17(2)24(30)27-20-5-3-4-6-20/h7-13,17,20H,3-6,14-15H2,1-2H3,(H,27,30)/t17-/m0/s1. The molecule has 2 amide bonds. The van der Waals surface area contributed by atoms with Gasteiger partial charge in [0, 0.05) is 22.6 Å². The van der Waals surface area contributed by atoms with E-state index in [4.69, 9.17) is 27.9 Å². The third kappa shape index (κ3) is 6.62. The van der Waals surface area contributed by atoms with E-state index in [0.29, 0.717) is 15.8 Å². The molecule has 0 unspecified atom stereocenters. The van der Waals surface area contributed by atoms with E-state index in [0.717, 1.165) is 36.8 Å². The Labute approximate surface area is 193 Å². The molecule has 166 valence electrons. The number of benzene rings is 2. The van der Waals surface area contributed by atoms with Gasteiger partial charge in [-0.25, -0.2) is 0 Å². The summed E-state index contributed by atoms with van der Waals surface area (Å²) >= 11 is 12.3. The molecule has 7 heteroatoms. The van der Waals surface area contributed by atoms with Crippen molar-refractivity contribution in [2.45, 2.75) is 58.2 Å². The van der Waals surface area contributed by atoms with E-state index in [-0.39, 0.29) is 31.0 Å². The Morgan fingerprint density at radius 2 is 1.81 bits per heavy atom. The lowest BCUT2D eigenvalue weighted by atomic mass is 10.1. The molecule has 1 aliphatic carbocycles. The van der Waals surface area contributed by atoms with Crippen LogP contribution in [-0.2, 0) is 16.1 Å². The second kappa shape index (κ2) is 10.9. The Hall–Kier alpha value is -2.24. The van der Waals surface area contributed by atoms with Gasteiger partial charge < -0.3 is 15.0 Å². The van der Waals surface area contributed by atoms with Gasteiger partial charge >= 0.3 is 0 Å². The molecule has 1 N–H and O–H groups in total. The lowest BCUT2D eigenvalue weighted by Gasteiger charge is -2.30. The molecule has 0 radical (unpaired) electrons. The second-order valence-corrected chi connectivity index (χ2v) is 8.87. The Morgan fingerprint density at radius 1 is 1.13 bits per heavy atom.